The summed E-state index contributed by atoms with van der Waals surface area (Å²) in [5.74, 6) is 1.11. The monoisotopic (exact) mass is 307 g/mol. The molecule has 7 nitrogen and oxygen atoms in total. The van der Waals surface area contributed by atoms with Crippen LogP contribution >= 0.6 is 0 Å². The van der Waals surface area contributed by atoms with Crippen molar-refractivity contribution >= 4 is 22.6 Å². The zero-order valence-corrected chi connectivity index (χ0v) is 12.3. The summed E-state index contributed by atoms with van der Waals surface area (Å²) < 4.78 is 5.33. The van der Waals surface area contributed by atoms with Crippen LogP contribution in [0.1, 0.15) is 16.1 Å². The van der Waals surface area contributed by atoms with Gasteiger partial charge in [0.15, 0.2) is 11.6 Å². The minimum atomic E-state index is -0.207. The highest BCUT2D eigenvalue weighted by Gasteiger charge is 2.12. The predicted octanol–water partition coefficient (Wildman–Crippen LogP) is 3.11. The number of nitrogens with one attached hydrogen (secondary N) is 3. The third kappa shape index (κ3) is 2.38. The molecule has 0 unspecified atom stereocenters. The van der Waals surface area contributed by atoms with E-state index in [4.69, 9.17) is 4.42 Å². The molecule has 0 saturated heterocycles. The van der Waals surface area contributed by atoms with Crippen molar-refractivity contribution in [3.05, 3.63) is 54.0 Å². The first-order valence-electron chi connectivity index (χ1n) is 7.06. The van der Waals surface area contributed by atoms with Gasteiger partial charge in [-0.1, -0.05) is 0 Å². The van der Waals surface area contributed by atoms with Gasteiger partial charge in [-0.2, -0.15) is 5.10 Å². The van der Waals surface area contributed by atoms with Crippen LogP contribution in [0.15, 0.2) is 47.2 Å². The summed E-state index contributed by atoms with van der Waals surface area (Å²) in [6.07, 6.45) is 3.11. The average Bonchev–Trinajstić information content (AvgIpc) is 3.26. The van der Waals surface area contributed by atoms with E-state index in [9.17, 15) is 4.79 Å². The van der Waals surface area contributed by atoms with Crippen molar-refractivity contribution in [3.8, 4) is 11.6 Å². The standard InChI is InChI=1S/C16H13N5O2/c1-9-11(8-17-21-9)16(22)18-10-4-5-12-13(7-10)20-15(19-12)14-3-2-6-23-14/h2-8H,1H3,(H,17,21)(H,18,22)(H,19,20). The molecule has 114 valence electrons. The lowest BCUT2D eigenvalue weighted by Crippen LogP contribution is -2.12. The van der Waals surface area contributed by atoms with Crippen LogP contribution in [0.25, 0.3) is 22.6 Å². The summed E-state index contributed by atoms with van der Waals surface area (Å²) in [6.45, 7) is 1.80. The topological polar surface area (TPSA) is 99.6 Å². The number of fused-ring (bicyclic) bond motifs is 1. The summed E-state index contributed by atoms with van der Waals surface area (Å²) in [5.41, 5.74) is 3.54. The third-order valence-corrected chi connectivity index (χ3v) is 3.57. The minimum Gasteiger partial charge on any atom is -0.461 e. The van der Waals surface area contributed by atoms with Gasteiger partial charge in [0.1, 0.15) is 0 Å². The number of carbonyl (C=O) groups is 1. The predicted molar refractivity (Wildman–Crippen MR) is 85.1 cm³/mol. The number of imidazole rings is 1. The molecular formula is C16H13N5O2. The Morgan fingerprint density at radius 1 is 1.30 bits per heavy atom. The molecular weight excluding hydrogens is 294 g/mol. The first-order valence-corrected chi connectivity index (χ1v) is 7.06. The van der Waals surface area contributed by atoms with Gasteiger partial charge in [-0.05, 0) is 37.3 Å². The number of benzene rings is 1. The molecule has 23 heavy (non-hydrogen) atoms. The molecule has 4 aromatic rings. The molecule has 0 fully saturated rings. The number of anilines is 1. The highest BCUT2D eigenvalue weighted by atomic mass is 16.3. The summed E-state index contributed by atoms with van der Waals surface area (Å²) in [7, 11) is 0. The van der Waals surface area contributed by atoms with Crippen molar-refractivity contribution in [3.63, 3.8) is 0 Å². The Labute approximate surface area is 130 Å². The van der Waals surface area contributed by atoms with E-state index in [1.165, 1.54) is 6.20 Å². The average molecular weight is 307 g/mol. The van der Waals surface area contributed by atoms with E-state index in [0.29, 0.717) is 22.8 Å². The second-order valence-corrected chi connectivity index (χ2v) is 5.16. The Hall–Kier alpha value is -3.35. The zero-order valence-electron chi connectivity index (χ0n) is 12.3. The van der Waals surface area contributed by atoms with Crippen molar-refractivity contribution in [2.75, 3.05) is 5.32 Å². The lowest BCUT2D eigenvalue weighted by Gasteiger charge is -2.04. The van der Waals surface area contributed by atoms with Crippen LogP contribution in [0, 0.1) is 6.92 Å². The van der Waals surface area contributed by atoms with E-state index in [-0.39, 0.29) is 5.91 Å². The lowest BCUT2D eigenvalue weighted by atomic mass is 10.2. The Balaban J connectivity index is 1.64. The number of furan rings is 1. The van der Waals surface area contributed by atoms with Crippen molar-refractivity contribution in [1.29, 1.82) is 0 Å². The number of nitrogens with zero attached hydrogens (tertiary/aromatic N) is 2. The van der Waals surface area contributed by atoms with Gasteiger partial charge < -0.3 is 14.7 Å². The maximum atomic E-state index is 12.2. The van der Waals surface area contributed by atoms with Gasteiger partial charge in [0, 0.05) is 11.4 Å². The minimum absolute atomic E-state index is 0.207. The van der Waals surface area contributed by atoms with Crippen LogP contribution in [-0.4, -0.2) is 26.1 Å². The number of aryl methyl sites for hydroxylation is 1. The Morgan fingerprint density at radius 3 is 2.96 bits per heavy atom. The molecule has 3 heterocycles. The van der Waals surface area contributed by atoms with Gasteiger partial charge in [0.25, 0.3) is 5.91 Å². The number of hydrogen-bond donors (Lipinski definition) is 3. The van der Waals surface area contributed by atoms with Gasteiger partial charge in [0.05, 0.1) is 29.1 Å². The smallest absolute Gasteiger partial charge is 0.259 e. The molecule has 3 N–H and O–H groups in total. The van der Waals surface area contributed by atoms with Crippen LogP contribution in [0.2, 0.25) is 0 Å². The molecule has 7 heteroatoms. The molecule has 0 aliphatic rings. The van der Waals surface area contributed by atoms with Gasteiger partial charge in [-0.25, -0.2) is 4.98 Å². The molecule has 0 radical (unpaired) electrons. The quantitative estimate of drug-likeness (QED) is 0.541. The summed E-state index contributed by atoms with van der Waals surface area (Å²) in [4.78, 5) is 19.9. The van der Waals surface area contributed by atoms with Crippen LogP contribution < -0.4 is 5.32 Å². The first-order chi connectivity index (χ1) is 11.2. The number of rotatable bonds is 3. The lowest BCUT2D eigenvalue weighted by molar-refractivity contribution is 0.102. The highest BCUT2D eigenvalue weighted by Crippen LogP contribution is 2.23. The number of aromatic amines is 2. The van der Waals surface area contributed by atoms with Crippen molar-refractivity contribution in [2.24, 2.45) is 0 Å². The Morgan fingerprint density at radius 2 is 2.22 bits per heavy atom. The second kappa shape index (κ2) is 5.13. The molecule has 0 saturated carbocycles. The van der Waals surface area contributed by atoms with Crippen molar-refractivity contribution < 1.29 is 9.21 Å². The van der Waals surface area contributed by atoms with Crippen LogP contribution in [-0.2, 0) is 0 Å². The summed E-state index contributed by atoms with van der Waals surface area (Å²) in [5, 5.41) is 9.45. The van der Waals surface area contributed by atoms with E-state index >= 15 is 0 Å². The molecule has 4 rings (SSSR count). The van der Waals surface area contributed by atoms with Crippen molar-refractivity contribution in [1.82, 2.24) is 20.2 Å². The number of H-pyrrole nitrogens is 2. The number of amides is 1. The number of hydrogen-bond acceptors (Lipinski definition) is 4. The fourth-order valence-corrected chi connectivity index (χ4v) is 2.40. The van der Waals surface area contributed by atoms with Crippen molar-refractivity contribution in [2.45, 2.75) is 6.92 Å². The zero-order chi connectivity index (χ0) is 15.8. The molecule has 1 amide bonds. The van der Waals surface area contributed by atoms with E-state index in [1.54, 1.807) is 19.3 Å². The highest BCUT2D eigenvalue weighted by molar-refractivity contribution is 6.05. The number of aromatic nitrogens is 4. The van der Waals surface area contributed by atoms with Gasteiger partial charge >= 0.3 is 0 Å². The van der Waals surface area contributed by atoms with Crippen LogP contribution in [0.4, 0.5) is 5.69 Å². The molecule has 0 aliphatic heterocycles. The maximum absolute atomic E-state index is 12.2. The van der Waals surface area contributed by atoms with E-state index < -0.39 is 0 Å². The van der Waals surface area contributed by atoms with E-state index in [2.05, 4.69) is 25.5 Å². The van der Waals surface area contributed by atoms with Gasteiger partial charge in [-0.15, -0.1) is 0 Å². The fraction of sp³-hybridized carbons (Fsp3) is 0.0625. The van der Waals surface area contributed by atoms with E-state index in [1.807, 2.05) is 24.3 Å². The molecule has 0 bridgehead atoms. The third-order valence-electron chi connectivity index (χ3n) is 3.57. The molecule has 0 spiro atoms. The SMILES string of the molecule is Cc1[nH]ncc1C(=O)Nc1ccc2nc(-c3ccco3)[nH]c2c1. The molecule has 1 aromatic carbocycles. The Kier molecular flexibility index (Phi) is 2.97. The Bertz CT molecular complexity index is 981. The van der Waals surface area contributed by atoms with Crippen LogP contribution in [0.5, 0.6) is 0 Å². The second-order valence-electron chi connectivity index (χ2n) is 5.16. The summed E-state index contributed by atoms with van der Waals surface area (Å²) >= 11 is 0. The molecule has 0 atom stereocenters. The van der Waals surface area contributed by atoms with E-state index in [0.717, 1.165) is 16.7 Å². The van der Waals surface area contributed by atoms with Gasteiger partial charge in [0.2, 0.25) is 0 Å². The first kappa shape index (κ1) is 13.3. The maximum Gasteiger partial charge on any atom is 0.259 e. The molecule has 0 aliphatic carbocycles. The fourth-order valence-electron chi connectivity index (χ4n) is 2.40. The molecule has 3 aromatic heterocycles. The van der Waals surface area contributed by atoms with Gasteiger partial charge in [-0.3, -0.25) is 9.89 Å². The normalized spacial score (nSPS) is 11.0. The van der Waals surface area contributed by atoms with Crippen LogP contribution in [0.3, 0.4) is 0 Å². The number of carbonyl (C=O) groups excluding carboxylic acids is 1. The largest absolute Gasteiger partial charge is 0.461 e. The summed E-state index contributed by atoms with van der Waals surface area (Å²) in [6, 6.07) is 9.13.